The molecule has 2 aromatic heterocycles. The summed E-state index contributed by atoms with van der Waals surface area (Å²) in [5.74, 6) is 0.165. The minimum atomic E-state index is 0.165. The molecule has 0 amide bonds. The molecule has 2 heterocycles. The molecule has 5 heteroatoms. The minimum Gasteiger partial charge on any atom is -0.299 e. The van der Waals surface area contributed by atoms with Gasteiger partial charge in [0.2, 0.25) is 0 Å². The van der Waals surface area contributed by atoms with E-state index in [1.54, 1.807) is 11.3 Å². The van der Waals surface area contributed by atoms with Gasteiger partial charge >= 0.3 is 0 Å². The van der Waals surface area contributed by atoms with Crippen LogP contribution in [-0.4, -0.2) is 15.8 Å². The van der Waals surface area contributed by atoms with Crippen LogP contribution in [0.25, 0.3) is 11.3 Å². The third-order valence-electron chi connectivity index (χ3n) is 2.98. The highest BCUT2D eigenvalue weighted by atomic mass is 32.1. The molecule has 0 spiro atoms. The van der Waals surface area contributed by atoms with Crippen LogP contribution in [0.4, 0.5) is 0 Å². The van der Waals surface area contributed by atoms with Crippen molar-refractivity contribution in [3.8, 4) is 11.3 Å². The van der Waals surface area contributed by atoms with E-state index >= 15 is 0 Å². The van der Waals surface area contributed by atoms with Crippen molar-refractivity contribution in [2.24, 2.45) is 0 Å². The van der Waals surface area contributed by atoms with Crippen LogP contribution in [0.1, 0.15) is 15.7 Å². The van der Waals surface area contributed by atoms with Crippen LogP contribution in [0.2, 0.25) is 0 Å². The summed E-state index contributed by atoms with van der Waals surface area (Å²) < 4.78 is 0. The Morgan fingerprint density at radius 2 is 1.67 bits per heavy atom. The van der Waals surface area contributed by atoms with E-state index in [1.165, 1.54) is 11.3 Å². The lowest BCUT2D eigenvalue weighted by atomic mass is 10.2. The van der Waals surface area contributed by atoms with Crippen molar-refractivity contribution >= 4 is 28.5 Å². The number of Topliss-reactive ketones (excluding diaryl/α,β-unsaturated/α-hetero) is 1. The van der Waals surface area contributed by atoms with Crippen molar-refractivity contribution in [1.29, 1.82) is 0 Å². The number of hydrogen-bond donors (Lipinski definition) is 0. The first-order valence-electron chi connectivity index (χ1n) is 6.63. The zero-order chi connectivity index (χ0) is 14.7. The topological polar surface area (TPSA) is 42.9 Å². The third-order valence-corrected chi connectivity index (χ3v) is 4.80. The highest BCUT2D eigenvalue weighted by Gasteiger charge is 2.11. The van der Waals surface area contributed by atoms with Gasteiger partial charge in [-0.3, -0.25) is 4.79 Å². The first-order valence-corrected chi connectivity index (χ1v) is 8.39. The van der Waals surface area contributed by atoms with Gasteiger partial charge in [0.25, 0.3) is 0 Å². The van der Waals surface area contributed by atoms with Crippen molar-refractivity contribution in [3.05, 3.63) is 56.8 Å². The van der Waals surface area contributed by atoms with Gasteiger partial charge in [-0.15, -0.1) is 22.7 Å². The van der Waals surface area contributed by atoms with Crippen molar-refractivity contribution in [2.45, 2.75) is 19.8 Å². The van der Waals surface area contributed by atoms with Gasteiger partial charge in [0.1, 0.15) is 15.8 Å². The molecular formula is C16H14N2OS2. The summed E-state index contributed by atoms with van der Waals surface area (Å²) in [5.41, 5.74) is 3.00. The van der Waals surface area contributed by atoms with E-state index in [-0.39, 0.29) is 5.78 Å². The maximum Gasteiger partial charge on any atom is 0.146 e. The second-order valence-electron chi connectivity index (χ2n) is 4.77. The number of thiazole rings is 2. The maximum atomic E-state index is 12.1. The first kappa shape index (κ1) is 14.1. The molecule has 21 heavy (non-hydrogen) atoms. The minimum absolute atomic E-state index is 0.165. The molecule has 3 rings (SSSR count). The molecule has 0 bridgehead atoms. The summed E-state index contributed by atoms with van der Waals surface area (Å²) >= 11 is 3.08. The Bertz CT molecular complexity index is 746. The number of ketones is 1. The van der Waals surface area contributed by atoms with E-state index in [0.717, 1.165) is 27.0 Å². The number of aromatic nitrogens is 2. The summed E-state index contributed by atoms with van der Waals surface area (Å²) in [6.07, 6.45) is 0.787. The Morgan fingerprint density at radius 1 is 1.00 bits per heavy atom. The number of benzene rings is 1. The number of hydrogen-bond acceptors (Lipinski definition) is 5. The molecule has 0 fully saturated rings. The summed E-state index contributed by atoms with van der Waals surface area (Å²) in [4.78, 5) is 20.9. The Morgan fingerprint density at radius 3 is 2.33 bits per heavy atom. The van der Waals surface area contributed by atoms with Crippen LogP contribution in [0.5, 0.6) is 0 Å². The average molecular weight is 314 g/mol. The van der Waals surface area contributed by atoms with E-state index in [0.29, 0.717) is 12.8 Å². The van der Waals surface area contributed by atoms with Crippen LogP contribution in [0.15, 0.2) is 41.1 Å². The molecule has 0 saturated heterocycles. The standard InChI is InChI=1S/C16H14N2OS2/c1-11-9-20-15(17-11)7-13(19)8-16-18-14(10-21-16)12-5-3-2-4-6-12/h2-6,9-10H,7-8H2,1H3. The SMILES string of the molecule is Cc1csc(CC(=O)Cc2nc(-c3ccccc3)cs2)n1. The molecule has 0 N–H and O–H groups in total. The van der Waals surface area contributed by atoms with Gasteiger partial charge in [-0.1, -0.05) is 30.3 Å². The molecule has 0 aliphatic heterocycles. The summed E-state index contributed by atoms with van der Waals surface area (Å²) in [5, 5.41) is 5.73. The number of carbonyl (C=O) groups is 1. The quantitative estimate of drug-likeness (QED) is 0.716. The second-order valence-corrected chi connectivity index (χ2v) is 6.65. The molecule has 106 valence electrons. The molecular weight excluding hydrogens is 300 g/mol. The van der Waals surface area contributed by atoms with Gasteiger partial charge in [-0.25, -0.2) is 9.97 Å². The van der Waals surface area contributed by atoms with Crippen molar-refractivity contribution in [3.63, 3.8) is 0 Å². The molecule has 3 nitrogen and oxygen atoms in total. The lowest BCUT2D eigenvalue weighted by Gasteiger charge is -1.96. The zero-order valence-corrected chi connectivity index (χ0v) is 13.2. The highest BCUT2D eigenvalue weighted by Crippen LogP contribution is 2.22. The number of rotatable bonds is 5. The van der Waals surface area contributed by atoms with Gasteiger partial charge in [-0.05, 0) is 6.92 Å². The summed E-state index contributed by atoms with van der Waals surface area (Å²) in [6.45, 7) is 1.94. The smallest absolute Gasteiger partial charge is 0.146 e. The lowest BCUT2D eigenvalue weighted by Crippen LogP contribution is -2.06. The maximum absolute atomic E-state index is 12.1. The Hall–Kier alpha value is -1.85. The largest absolute Gasteiger partial charge is 0.299 e. The molecule has 0 aliphatic rings. The van der Waals surface area contributed by atoms with Crippen molar-refractivity contribution < 1.29 is 4.79 Å². The molecule has 0 atom stereocenters. The predicted octanol–water partition coefficient (Wildman–Crippen LogP) is 3.93. The molecule has 0 saturated carbocycles. The van der Waals surface area contributed by atoms with Crippen LogP contribution in [-0.2, 0) is 17.6 Å². The van der Waals surface area contributed by atoms with E-state index in [2.05, 4.69) is 9.97 Å². The number of nitrogens with zero attached hydrogens (tertiary/aromatic N) is 2. The van der Waals surface area contributed by atoms with Gasteiger partial charge < -0.3 is 0 Å². The normalized spacial score (nSPS) is 10.7. The molecule has 3 aromatic rings. The summed E-state index contributed by atoms with van der Waals surface area (Å²) in [7, 11) is 0. The van der Waals surface area contributed by atoms with Gasteiger partial charge in [0.05, 0.1) is 18.5 Å². The first-order chi connectivity index (χ1) is 10.2. The predicted molar refractivity (Wildman–Crippen MR) is 86.8 cm³/mol. The van der Waals surface area contributed by atoms with E-state index in [9.17, 15) is 4.79 Å². The van der Waals surface area contributed by atoms with Crippen molar-refractivity contribution in [2.75, 3.05) is 0 Å². The monoisotopic (exact) mass is 314 g/mol. The fraction of sp³-hybridized carbons (Fsp3) is 0.188. The molecule has 0 radical (unpaired) electrons. The van der Waals surface area contributed by atoms with E-state index in [4.69, 9.17) is 0 Å². The van der Waals surface area contributed by atoms with Crippen molar-refractivity contribution in [1.82, 2.24) is 9.97 Å². The highest BCUT2D eigenvalue weighted by molar-refractivity contribution is 7.10. The lowest BCUT2D eigenvalue weighted by molar-refractivity contribution is -0.117. The van der Waals surface area contributed by atoms with Crippen LogP contribution in [0.3, 0.4) is 0 Å². The zero-order valence-electron chi connectivity index (χ0n) is 11.6. The molecule has 0 unspecified atom stereocenters. The van der Waals surface area contributed by atoms with E-state index < -0.39 is 0 Å². The Kier molecular flexibility index (Phi) is 4.22. The number of carbonyl (C=O) groups excluding carboxylic acids is 1. The van der Waals surface area contributed by atoms with Gasteiger partial charge in [0.15, 0.2) is 0 Å². The fourth-order valence-corrected chi connectivity index (χ4v) is 3.65. The van der Waals surface area contributed by atoms with Gasteiger partial charge in [0, 0.05) is 22.0 Å². The van der Waals surface area contributed by atoms with Crippen LogP contribution >= 0.6 is 22.7 Å². The molecule has 0 aliphatic carbocycles. The third kappa shape index (κ3) is 3.62. The number of aryl methyl sites for hydroxylation is 1. The van der Waals surface area contributed by atoms with E-state index in [1.807, 2.05) is 48.0 Å². The van der Waals surface area contributed by atoms with Crippen LogP contribution < -0.4 is 0 Å². The average Bonchev–Trinajstić information content (AvgIpc) is 3.09. The Labute approximate surface area is 131 Å². The van der Waals surface area contributed by atoms with Gasteiger partial charge in [-0.2, -0.15) is 0 Å². The summed E-state index contributed by atoms with van der Waals surface area (Å²) in [6, 6.07) is 10.0. The second kappa shape index (κ2) is 6.28. The van der Waals surface area contributed by atoms with Crippen LogP contribution in [0, 0.1) is 6.92 Å². The fourth-order valence-electron chi connectivity index (χ4n) is 2.02. The Balaban J connectivity index is 1.66. The molecule has 1 aromatic carbocycles.